The molecule has 0 saturated carbocycles. The molecule has 0 saturated heterocycles. The van der Waals surface area contributed by atoms with Crippen molar-refractivity contribution in [3.8, 4) is 0 Å². The summed E-state index contributed by atoms with van der Waals surface area (Å²) in [5.74, 6) is -0.784. The quantitative estimate of drug-likeness (QED) is 0.785. The van der Waals surface area contributed by atoms with Crippen LogP contribution in [-0.2, 0) is 19.7 Å². The van der Waals surface area contributed by atoms with Crippen LogP contribution in [0.2, 0.25) is 0 Å². The molecule has 1 aromatic rings. The van der Waals surface area contributed by atoms with Gasteiger partial charge in [0, 0.05) is 5.75 Å². The first kappa shape index (κ1) is 15.0. The third kappa shape index (κ3) is 3.99. The van der Waals surface area contributed by atoms with Gasteiger partial charge in [0.15, 0.2) is 19.7 Å². The molecule has 5 nitrogen and oxygen atoms in total. The Morgan fingerprint density at radius 1 is 1.00 bits per heavy atom. The van der Waals surface area contributed by atoms with Crippen LogP contribution in [0.5, 0.6) is 0 Å². The zero-order valence-electron chi connectivity index (χ0n) is 10.2. The average molecular weight is 291 g/mol. The molecule has 0 aromatic heterocycles. The minimum absolute atomic E-state index is 0.00306. The summed E-state index contributed by atoms with van der Waals surface area (Å²) in [6, 6.07) is 6.05. The van der Waals surface area contributed by atoms with Crippen LogP contribution >= 0.6 is 0 Å². The van der Waals surface area contributed by atoms with Crippen molar-refractivity contribution in [3.05, 3.63) is 24.3 Å². The van der Waals surface area contributed by atoms with Gasteiger partial charge in [0.1, 0.15) is 0 Å². The first-order valence-corrected chi connectivity index (χ1v) is 9.03. The van der Waals surface area contributed by atoms with Crippen LogP contribution in [0.3, 0.4) is 0 Å². The van der Waals surface area contributed by atoms with Crippen molar-refractivity contribution in [1.82, 2.24) is 0 Å². The highest BCUT2D eigenvalue weighted by molar-refractivity contribution is 7.95. The first-order valence-electron chi connectivity index (χ1n) is 5.56. The molecule has 2 N–H and O–H groups in total. The van der Waals surface area contributed by atoms with Gasteiger partial charge in [-0.25, -0.2) is 16.8 Å². The monoisotopic (exact) mass is 291 g/mol. The molecule has 1 aromatic carbocycles. The number of para-hydroxylation sites is 1. The van der Waals surface area contributed by atoms with E-state index in [4.69, 9.17) is 5.73 Å². The van der Waals surface area contributed by atoms with E-state index in [1.165, 1.54) is 12.1 Å². The lowest BCUT2D eigenvalue weighted by molar-refractivity contribution is 0.587. The van der Waals surface area contributed by atoms with Crippen LogP contribution < -0.4 is 5.73 Å². The predicted octanol–water partition coefficient (Wildman–Crippen LogP) is 0.867. The van der Waals surface area contributed by atoms with Crippen molar-refractivity contribution in [2.24, 2.45) is 0 Å². The number of nitrogen functional groups attached to an aromatic ring is 1. The van der Waals surface area contributed by atoms with E-state index in [1.807, 2.05) is 0 Å². The smallest absolute Gasteiger partial charge is 0.181 e. The van der Waals surface area contributed by atoms with E-state index in [-0.39, 0.29) is 22.1 Å². The molecule has 0 aliphatic heterocycles. The number of hydrogen-bond donors (Lipinski definition) is 1. The predicted molar refractivity (Wildman–Crippen MR) is 71.9 cm³/mol. The van der Waals surface area contributed by atoms with E-state index in [0.717, 1.165) is 0 Å². The van der Waals surface area contributed by atoms with Crippen molar-refractivity contribution in [1.29, 1.82) is 0 Å². The number of anilines is 1. The highest BCUT2D eigenvalue weighted by Gasteiger charge is 2.21. The Balaban J connectivity index is 2.88. The lowest BCUT2D eigenvalue weighted by atomic mass is 10.3. The van der Waals surface area contributed by atoms with Gasteiger partial charge in [0.2, 0.25) is 0 Å². The fourth-order valence-corrected chi connectivity index (χ4v) is 5.18. The number of rotatable bonds is 6. The van der Waals surface area contributed by atoms with Gasteiger partial charge in [0.05, 0.1) is 22.1 Å². The lowest BCUT2D eigenvalue weighted by Crippen LogP contribution is -2.20. The molecule has 0 fully saturated rings. The molecule has 7 heteroatoms. The van der Waals surface area contributed by atoms with E-state index in [0.29, 0.717) is 6.42 Å². The van der Waals surface area contributed by atoms with Gasteiger partial charge in [-0.3, -0.25) is 0 Å². The fourth-order valence-electron chi connectivity index (χ4n) is 1.52. The van der Waals surface area contributed by atoms with E-state index in [2.05, 4.69) is 0 Å². The molecule has 18 heavy (non-hydrogen) atoms. The molecule has 0 atom stereocenters. The molecule has 102 valence electrons. The maximum atomic E-state index is 12.0. The van der Waals surface area contributed by atoms with Gasteiger partial charge in [-0.1, -0.05) is 19.1 Å². The second-order valence-electron chi connectivity index (χ2n) is 4.01. The molecular weight excluding hydrogens is 274 g/mol. The summed E-state index contributed by atoms with van der Waals surface area (Å²) >= 11 is 0. The SMILES string of the molecule is CCCS(=O)(=O)CCS(=O)(=O)c1ccccc1N. The molecule has 0 amide bonds. The van der Waals surface area contributed by atoms with Crippen LogP contribution in [-0.4, -0.2) is 34.1 Å². The Morgan fingerprint density at radius 2 is 1.61 bits per heavy atom. The summed E-state index contributed by atoms with van der Waals surface area (Å²) in [6.45, 7) is 1.74. The topological polar surface area (TPSA) is 94.3 Å². The van der Waals surface area contributed by atoms with Crippen molar-refractivity contribution in [2.75, 3.05) is 23.0 Å². The van der Waals surface area contributed by atoms with Crippen molar-refractivity contribution >= 4 is 25.4 Å². The van der Waals surface area contributed by atoms with Gasteiger partial charge >= 0.3 is 0 Å². The van der Waals surface area contributed by atoms with E-state index >= 15 is 0 Å². The normalized spacial score (nSPS) is 12.5. The molecule has 0 heterocycles. The molecule has 0 unspecified atom stereocenters. The highest BCUT2D eigenvalue weighted by atomic mass is 32.2. The van der Waals surface area contributed by atoms with E-state index in [1.54, 1.807) is 19.1 Å². The summed E-state index contributed by atoms with van der Waals surface area (Å²) in [4.78, 5) is -0.00306. The van der Waals surface area contributed by atoms with Gasteiger partial charge in [-0.2, -0.15) is 0 Å². The third-order valence-corrected chi connectivity index (χ3v) is 6.33. The Hall–Kier alpha value is -1.08. The Bertz CT molecular complexity index is 606. The Labute approximate surface area is 108 Å². The zero-order valence-corrected chi connectivity index (χ0v) is 11.8. The van der Waals surface area contributed by atoms with Crippen LogP contribution in [0.4, 0.5) is 5.69 Å². The van der Waals surface area contributed by atoms with Crippen LogP contribution in [0.15, 0.2) is 29.2 Å². The number of hydrogen-bond acceptors (Lipinski definition) is 5. The van der Waals surface area contributed by atoms with Crippen molar-refractivity contribution < 1.29 is 16.8 Å². The molecule has 0 aliphatic rings. The van der Waals surface area contributed by atoms with E-state index < -0.39 is 25.4 Å². The van der Waals surface area contributed by atoms with Gasteiger partial charge in [-0.05, 0) is 18.6 Å². The standard InChI is InChI=1S/C11H17NO4S2/c1-2-7-17(13,14)8-9-18(15,16)11-6-4-3-5-10(11)12/h3-6H,2,7-9,12H2,1H3. The maximum absolute atomic E-state index is 12.0. The maximum Gasteiger partial charge on any atom is 0.181 e. The number of benzene rings is 1. The summed E-state index contributed by atoms with van der Waals surface area (Å²) in [5, 5.41) is 0. The first-order chi connectivity index (χ1) is 8.28. The summed E-state index contributed by atoms with van der Waals surface area (Å²) in [6.07, 6.45) is 0.482. The largest absolute Gasteiger partial charge is 0.398 e. The highest BCUT2D eigenvalue weighted by Crippen LogP contribution is 2.19. The van der Waals surface area contributed by atoms with Crippen LogP contribution in [0, 0.1) is 0 Å². The fraction of sp³-hybridized carbons (Fsp3) is 0.455. The van der Waals surface area contributed by atoms with Crippen molar-refractivity contribution in [2.45, 2.75) is 18.2 Å². The molecule has 0 bridgehead atoms. The molecule has 0 spiro atoms. The third-order valence-electron chi connectivity index (χ3n) is 2.43. The number of sulfone groups is 2. The Kier molecular flexibility index (Phi) is 4.75. The molecule has 1 rings (SSSR count). The van der Waals surface area contributed by atoms with Gasteiger partial charge < -0.3 is 5.73 Å². The zero-order chi connectivity index (χ0) is 13.8. The summed E-state index contributed by atoms with van der Waals surface area (Å²) in [7, 11) is -6.95. The lowest BCUT2D eigenvalue weighted by Gasteiger charge is -2.07. The minimum atomic E-state index is -3.65. The molecular formula is C11H17NO4S2. The van der Waals surface area contributed by atoms with Crippen LogP contribution in [0.1, 0.15) is 13.3 Å². The minimum Gasteiger partial charge on any atom is -0.398 e. The number of nitrogens with two attached hydrogens (primary N) is 1. The summed E-state index contributed by atoms with van der Waals surface area (Å²) in [5.41, 5.74) is 5.72. The molecule has 0 radical (unpaired) electrons. The van der Waals surface area contributed by atoms with Gasteiger partial charge in [-0.15, -0.1) is 0 Å². The average Bonchev–Trinajstić information content (AvgIpc) is 2.27. The van der Waals surface area contributed by atoms with Gasteiger partial charge in [0.25, 0.3) is 0 Å². The van der Waals surface area contributed by atoms with Crippen molar-refractivity contribution in [3.63, 3.8) is 0 Å². The van der Waals surface area contributed by atoms with Crippen LogP contribution in [0.25, 0.3) is 0 Å². The summed E-state index contributed by atoms with van der Waals surface area (Å²) < 4.78 is 46.9. The molecule has 0 aliphatic carbocycles. The Morgan fingerprint density at radius 3 is 2.17 bits per heavy atom. The second kappa shape index (κ2) is 5.71. The van der Waals surface area contributed by atoms with E-state index in [9.17, 15) is 16.8 Å². The second-order valence-corrected chi connectivity index (χ2v) is 8.39.